The Hall–Kier alpha value is -1.86. The highest BCUT2D eigenvalue weighted by Gasteiger charge is 2.24. The van der Waals surface area contributed by atoms with Gasteiger partial charge in [-0.05, 0) is 18.1 Å². The number of aromatic nitrogens is 2. The Morgan fingerprint density at radius 2 is 2.25 bits per heavy atom. The molecule has 0 saturated heterocycles. The molecule has 2 N–H and O–H groups in total. The number of amides is 1. The monoisotopic (exact) mass is 290 g/mol. The maximum absolute atomic E-state index is 12.2. The predicted octanol–water partition coefficient (Wildman–Crippen LogP) is 1.21. The van der Waals surface area contributed by atoms with Crippen LogP contribution < -0.4 is 10.6 Å². The van der Waals surface area contributed by atoms with Gasteiger partial charge in [0.1, 0.15) is 0 Å². The smallest absolute Gasteiger partial charge is 0.277 e. The van der Waals surface area contributed by atoms with E-state index in [1.807, 2.05) is 23.1 Å². The van der Waals surface area contributed by atoms with E-state index in [2.05, 4.69) is 16.3 Å². The van der Waals surface area contributed by atoms with E-state index in [4.69, 9.17) is 10.2 Å². The maximum atomic E-state index is 12.2. The van der Waals surface area contributed by atoms with Crippen molar-refractivity contribution in [1.82, 2.24) is 10.2 Å². The standard InChI is InChI=1S/C13H14N4O2S/c14-7-11-15-16-13(19-11)20-8-12(18)17-6-5-9-3-1-2-4-10(9)17/h1-4H,5-8,14H2. The second-order valence-corrected chi connectivity index (χ2v) is 5.31. The van der Waals surface area contributed by atoms with E-state index in [1.165, 1.54) is 17.3 Å². The summed E-state index contributed by atoms with van der Waals surface area (Å²) in [6, 6.07) is 7.98. The van der Waals surface area contributed by atoms with E-state index in [0.29, 0.717) is 11.1 Å². The van der Waals surface area contributed by atoms with E-state index in [-0.39, 0.29) is 18.2 Å². The summed E-state index contributed by atoms with van der Waals surface area (Å²) in [5.41, 5.74) is 7.61. The van der Waals surface area contributed by atoms with Gasteiger partial charge in [-0.1, -0.05) is 30.0 Å². The molecule has 6 nitrogen and oxygen atoms in total. The fraction of sp³-hybridized carbons (Fsp3) is 0.308. The highest BCUT2D eigenvalue weighted by Crippen LogP contribution is 2.28. The van der Waals surface area contributed by atoms with Crippen LogP contribution in [0.4, 0.5) is 5.69 Å². The van der Waals surface area contributed by atoms with Crippen LogP contribution in [0.25, 0.3) is 0 Å². The Balaban J connectivity index is 1.63. The summed E-state index contributed by atoms with van der Waals surface area (Å²) in [4.78, 5) is 14.1. The van der Waals surface area contributed by atoms with Crippen LogP contribution in [-0.4, -0.2) is 28.4 Å². The third kappa shape index (κ3) is 2.54. The molecule has 1 aromatic carbocycles. The molecule has 0 spiro atoms. The highest BCUT2D eigenvalue weighted by molar-refractivity contribution is 7.99. The molecule has 2 heterocycles. The molecule has 0 aliphatic carbocycles. The molecule has 3 rings (SSSR count). The normalized spacial score (nSPS) is 13.6. The van der Waals surface area contributed by atoms with E-state index in [1.54, 1.807) is 0 Å². The number of hydrogen-bond acceptors (Lipinski definition) is 6. The molecule has 20 heavy (non-hydrogen) atoms. The number of benzene rings is 1. The van der Waals surface area contributed by atoms with Gasteiger partial charge >= 0.3 is 0 Å². The van der Waals surface area contributed by atoms with Gasteiger partial charge in [0.2, 0.25) is 11.8 Å². The Labute approximate surface area is 120 Å². The van der Waals surface area contributed by atoms with Crippen molar-refractivity contribution >= 4 is 23.4 Å². The predicted molar refractivity (Wildman–Crippen MR) is 75.4 cm³/mol. The van der Waals surface area contributed by atoms with Gasteiger partial charge in [0.15, 0.2) is 0 Å². The lowest BCUT2D eigenvalue weighted by atomic mass is 10.2. The van der Waals surface area contributed by atoms with Crippen LogP contribution in [-0.2, 0) is 17.8 Å². The minimum absolute atomic E-state index is 0.0486. The fourth-order valence-electron chi connectivity index (χ4n) is 2.18. The van der Waals surface area contributed by atoms with Crippen molar-refractivity contribution in [2.75, 3.05) is 17.2 Å². The van der Waals surface area contributed by atoms with Crippen molar-refractivity contribution in [1.29, 1.82) is 0 Å². The number of carbonyl (C=O) groups excluding carboxylic acids is 1. The molecule has 104 valence electrons. The minimum Gasteiger partial charge on any atom is -0.415 e. The second-order valence-electron chi connectivity index (χ2n) is 4.38. The summed E-state index contributed by atoms with van der Waals surface area (Å²) >= 11 is 1.24. The highest BCUT2D eigenvalue weighted by atomic mass is 32.2. The summed E-state index contributed by atoms with van der Waals surface area (Å²) in [5.74, 6) is 0.708. The average molecular weight is 290 g/mol. The third-order valence-electron chi connectivity index (χ3n) is 3.13. The number of anilines is 1. The van der Waals surface area contributed by atoms with Crippen LogP contribution in [0.5, 0.6) is 0 Å². The molecule has 0 atom stereocenters. The molecule has 1 aliphatic rings. The lowest BCUT2D eigenvalue weighted by Gasteiger charge is -2.16. The molecule has 1 aliphatic heterocycles. The molecule has 0 unspecified atom stereocenters. The summed E-state index contributed by atoms with van der Waals surface area (Å²) < 4.78 is 5.26. The number of carbonyl (C=O) groups is 1. The third-order valence-corrected chi connectivity index (χ3v) is 3.93. The van der Waals surface area contributed by atoms with Crippen LogP contribution in [0, 0.1) is 0 Å². The topological polar surface area (TPSA) is 85.2 Å². The molecular weight excluding hydrogens is 276 g/mol. The lowest BCUT2D eigenvalue weighted by molar-refractivity contribution is -0.116. The first-order valence-electron chi connectivity index (χ1n) is 6.31. The summed E-state index contributed by atoms with van der Waals surface area (Å²) in [5, 5.41) is 7.96. The van der Waals surface area contributed by atoms with E-state index in [9.17, 15) is 4.79 Å². The van der Waals surface area contributed by atoms with Crippen molar-refractivity contribution in [2.45, 2.75) is 18.2 Å². The molecule has 1 amide bonds. The van der Waals surface area contributed by atoms with Gasteiger partial charge in [-0.3, -0.25) is 4.79 Å². The molecular formula is C13H14N4O2S. The van der Waals surface area contributed by atoms with Gasteiger partial charge in [-0.25, -0.2) is 0 Å². The van der Waals surface area contributed by atoms with Crippen LogP contribution >= 0.6 is 11.8 Å². The first-order chi connectivity index (χ1) is 9.78. The number of nitrogens with two attached hydrogens (primary N) is 1. The Bertz CT molecular complexity index is 628. The van der Waals surface area contributed by atoms with E-state index >= 15 is 0 Å². The zero-order valence-electron chi connectivity index (χ0n) is 10.8. The van der Waals surface area contributed by atoms with Crippen molar-refractivity contribution in [3.8, 4) is 0 Å². The maximum Gasteiger partial charge on any atom is 0.277 e. The van der Waals surface area contributed by atoms with E-state index < -0.39 is 0 Å². The minimum atomic E-state index is 0.0486. The van der Waals surface area contributed by atoms with Crippen LogP contribution in [0.15, 0.2) is 33.9 Å². The molecule has 0 saturated carbocycles. The number of para-hydroxylation sites is 1. The summed E-state index contributed by atoms with van der Waals surface area (Å²) in [6.07, 6.45) is 0.907. The van der Waals surface area contributed by atoms with Gasteiger partial charge in [0, 0.05) is 12.2 Å². The first-order valence-corrected chi connectivity index (χ1v) is 7.30. The van der Waals surface area contributed by atoms with Gasteiger partial charge < -0.3 is 15.1 Å². The van der Waals surface area contributed by atoms with Crippen molar-refractivity contribution in [3.63, 3.8) is 0 Å². The van der Waals surface area contributed by atoms with Crippen LogP contribution in [0.1, 0.15) is 11.5 Å². The number of fused-ring (bicyclic) bond motifs is 1. The fourth-order valence-corrected chi connectivity index (χ4v) is 2.83. The number of rotatable bonds is 4. The van der Waals surface area contributed by atoms with Gasteiger partial charge in [-0.2, -0.15) is 0 Å². The molecule has 0 fully saturated rings. The first kappa shape index (κ1) is 13.1. The molecule has 1 aromatic heterocycles. The molecule has 7 heteroatoms. The summed E-state index contributed by atoms with van der Waals surface area (Å²) in [6.45, 7) is 0.942. The number of hydrogen-bond donors (Lipinski definition) is 1. The van der Waals surface area contributed by atoms with Gasteiger partial charge in [-0.15, -0.1) is 10.2 Å². The Morgan fingerprint density at radius 3 is 3.05 bits per heavy atom. The lowest BCUT2D eigenvalue weighted by Crippen LogP contribution is -2.30. The zero-order chi connectivity index (χ0) is 13.9. The largest absolute Gasteiger partial charge is 0.415 e. The van der Waals surface area contributed by atoms with Crippen molar-refractivity contribution in [3.05, 3.63) is 35.7 Å². The quantitative estimate of drug-likeness (QED) is 0.852. The number of thioether (sulfide) groups is 1. The molecule has 2 aromatic rings. The van der Waals surface area contributed by atoms with Gasteiger partial charge in [0.25, 0.3) is 5.22 Å². The average Bonchev–Trinajstić information content (AvgIpc) is 3.11. The summed E-state index contributed by atoms with van der Waals surface area (Å²) in [7, 11) is 0. The van der Waals surface area contributed by atoms with Crippen molar-refractivity contribution < 1.29 is 9.21 Å². The molecule has 0 bridgehead atoms. The van der Waals surface area contributed by atoms with Crippen LogP contribution in [0.2, 0.25) is 0 Å². The molecule has 0 radical (unpaired) electrons. The Kier molecular flexibility index (Phi) is 3.70. The SMILES string of the molecule is NCc1nnc(SCC(=O)N2CCc3ccccc32)o1. The number of nitrogens with zero attached hydrogens (tertiary/aromatic N) is 3. The van der Waals surface area contributed by atoms with Crippen molar-refractivity contribution in [2.24, 2.45) is 5.73 Å². The zero-order valence-corrected chi connectivity index (χ0v) is 11.6. The van der Waals surface area contributed by atoms with E-state index in [0.717, 1.165) is 18.7 Å². The van der Waals surface area contributed by atoms with Gasteiger partial charge in [0.05, 0.1) is 12.3 Å². The van der Waals surface area contributed by atoms with Crippen LogP contribution in [0.3, 0.4) is 0 Å². The second kappa shape index (κ2) is 5.64. The Morgan fingerprint density at radius 1 is 1.40 bits per heavy atom.